The molecule has 0 radical (unpaired) electrons. The second-order valence-electron chi connectivity index (χ2n) is 4.61. The molecule has 0 aliphatic heterocycles. The molecule has 0 bridgehead atoms. The number of ether oxygens (including phenoxy) is 1. The van der Waals surface area contributed by atoms with E-state index in [-0.39, 0.29) is 6.42 Å². The molecular weight excluding hydrogens is 301 g/mol. The predicted octanol–water partition coefficient (Wildman–Crippen LogP) is 1.93. The summed E-state index contributed by atoms with van der Waals surface area (Å²) in [6, 6.07) is 5.70. The Kier molecular flexibility index (Phi) is 4.39. The number of nitrogens with one attached hydrogen (secondary N) is 2. The van der Waals surface area contributed by atoms with Crippen molar-refractivity contribution in [3.8, 4) is 0 Å². The molecular formula is C14H13F3N2O3. The van der Waals surface area contributed by atoms with E-state index >= 15 is 0 Å². The van der Waals surface area contributed by atoms with Gasteiger partial charge in [-0.15, -0.1) is 0 Å². The van der Waals surface area contributed by atoms with Gasteiger partial charge in [0.1, 0.15) is 6.04 Å². The van der Waals surface area contributed by atoms with Gasteiger partial charge in [-0.05, 0) is 11.6 Å². The number of esters is 1. The quantitative estimate of drug-likeness (QED) is 0.847. The molecule has 1 amide bonds. The predicted molar refractivity (Wildman–Crippen MR) is 72.0 cm³/mol. The molecule has 2 rings (SSSR count). The summed E-state index contributed by atoms with van der Waals surface area (Å²) in [6.45, 7) is 0. The van der Waals surface area contributed by atoms with Crippen LogP contribution in [0.25, 0.3) is 10.9 Å². The maximum absolute atomic E-state index is 12.3. The number of alkyl halides is 3. The van der Waals surface area contributed by atoms with Crippen molar-refractivity contribution in [2.24, 2.45) is 0 Å². The Hall–Kier alpha value is -2.51. The molecule has 2 aromatic rings. The zero-order chi connectivity index (χ0) is 16.3. The average molecular weight is 314 g/mol. The summed E-state index contributed by atoms with van der Waals surface area (Å²) >= 11 is 0. The third-order valence-electron chi connectivity index (χ3n) is 3.15. The van der Waals surface area contributed by atoms with E-state index in [0.717, 1.165) is 18.0 Å². The Morgan fingerprint density at radius 1 is 1.32 bits per heavy atom. The summed E-state index contributed by atoms with van der Waals surface area (Å²) < 4.78 is 41.5. The summed E-state index contributed by atoms with van der Waals surface area (Å²) in [7, 11) is 1.05. The fourth-order valence-corrected chi connectivity index (χ4v) is 2.10. The fraction of sp³-hybridized carbons (Fsp3) is 0.286. The summed E-state index contributed by atoms with van der Waals surface area (Å²) in [4.78, 5) is 25.6. The average Bonchev–Trinajstić information content (AvgIpc) is 2.88. The standard InChI is InChI=1S/C14H13F3N2O3/c1-22-12(20)11(19-13(21)14(15,16)17)6-8-7-18-10-5-3-2-4-9(8)10/h2-5,7,11,18H,6H2,1H3,(H,19,21)/t11-/m0/s1. The van der Waals surface area contributed by atoms with Gasteiger partial charge in [0.05, 0.1) is 7.11 Å². The second-order valence-corrected chi connectivity index (χ2v) is 4.61. The molecule has 0 spiro atoms. The Labute approximate surface area is 123 Å². The molecule has 0 unspecified atom stereocenters. The highest BCUT2D eigenvalue weighted by Gasteiger charge is 2.41. The van der Waals surface area contributed by atoms with Gasteiger partial charge in [0.15, 0.2) is 0 Å². The van der Waals surface area contributed by atoms with Crippen LogP contribution in [0.5, 0.6) is 0 Å². The first-order valence-corrected chi connectivity index (χ1v) is 6.33. The number of halogens is 3. The van der Waals surface area contributed by atoms with E-state index in [1.54, 1.807) is 35.8 Å². The van der Waals surface area contributed by atoms with E-state index in [1.807, 2.05) is 0 Å². The normalized spacial score (nSPS) is 12.9. The topological polar surface area (TPSA) is 71.2 Å². The van der Waals surface area contributed by atoms with Crippen molar-refractivity contribution in [2.45, 2.75) is 18.6 Å². The fourth-order valence-electron chi connectivity index (χ4n) is 2.10. The van der Waals surface area contributed by atoms with Crippen LogP contribution in [0.15, 0.2) is 30.5 Å². The van der Waals surface area contributed by atoms with Crippen molar-refractivity contribution in [2.75, 3.05) is 7.11 Å². The van der Waals surface area contributed by atoms with Gasteiger partial charge >= 0.3 is 18.1 Å². The van der Waals surface area contributed by atoms with Crippen LogP contribution in [-0.2, 0) is 20.7 Å². The number of rotatable bonds is 4. The van der Waals surface area contributed by atoms with Gasteiger partial charge < -0.3 is 15.0 Å². The molecule has 5 nitrogen and oxygen atoms in total. The van der Waals surface area contributed by atoms with Gasteiger partial charge in [-0.25, -0.2) is 4.79 Å². The van der Waals surface area contributed by atoms with Crippen molar-refractivity contribution in [3.63, 3.8) is 0 Å². The number of H-pyrrole nitrogens is 1. The number of aromatic amines is 1. The smallest absolute Gasteiger partial charge is 0.467 e. The van der Waals surface area contributed by atoms with E-state index in [4.69, 9.17) is 0 Å². The van der Waals surface area contributed by atoms with Crippen LogP contribution in [0, 0.1) is 0 Å². The van der Waals surface area contributed by atoms with E-state index in [1.165, 1.54) is 0 Å². The summed E-state index contributed by atoms with van der Waals surface area (Å²) in [5, 5.41) is 2.42. The molecule has 1 heterocycles. The van der Waals surface area contributed by atoms with E-state index in [2.05, 4.69) is 9.72 Å². The maximum atomic E-state index is 12.3. The monoisotopic (exact) mass is 314 g/mol. The number of hydrogen-bond donors (Lipinski definition) is 2. The minimum Gasteiger partial charge on any atom is -0.467 e. The van der Waals surface area contributed by atoms with Crippen LogP contribution in [0.1, 0.15) is 5.56 Å². The number of carbonyl (C=O) groups excluding carboxylic acids is 2. The summed E-state index contributed by atoms with van der Waals surface area (Å²) in [5.74, 6) is -3.12. The zero-order valence-corrected chi connectivity index (χ0v) is 11.5. The summed E-state index contributed by atoms with van der Waals surface area (Å²) in [5.41, 5.74) is 1.39. The number of hydrogen-bond acceptors (Lipinski definition) is 3. The second kappa shape index (κ2) is 6.08. The third kappa shape index (κ3) is 3.38. The first-order chi connectivity index (χ1) is 10.3. The molecule has 1 atom stereocenters. The highest BCUT2D eigenvalue weighted by Crippen LogP contribution is 2.20. The Morgan fingerprint density at radius 2 is 2.00 bits per heavy atom. The first kappa shape index (κ1) is 15.9. The van der Waals surface area contributed by atoms with E-state index in [0.29, 0.717) is 5.56 Å². The Morgan fingerprint density at radius 3 is 2.64 bits per heavy atom. The molecule has 0 aliphatic rings. The van der Waals surface area contributed by atoms with Crippen molar-refractivity contribution in [1.82, 2.24) is 10.3 Å². The van der Waals surface area contributed by atoms with Gasteiger partial charge in [0.2, 0.25) is 0 Å². The Bertz CT molecular complexity index is 694. The van der Waals surface area contributed by atoms with Crippen molar-refractivity contribution < 1.29 is 27.5 Å². The van der Waals surface area contributed by atoms with E-state index in [9.17, 15) is 22.8 Å². The van der Waals surface area contributed by atoms with Crippen LogP contribution >= 0.6 is 0 Å². The van der Waals surface area contributed by atoms with E-state index < -0.39 is 24.1 Å². The molecule has 0 fully saturated rings. The van der Waals surface area contributed by atoms with Crippen molar-refractivity contribution in [1.29, 1.82) is 0 Å². The first-order valence-electron chi connectivity index (χ1n) is 6.33. The lowest BCUT2D eigenvalue weighted by Crippen LogP contribution is -2.48. The molecule has 2 N–H and O–H groups in total. The molecule has 0 saturated carbocycles. The highest BCUT2D eigenvalue weighted by atomic mass is 19.4. The van der Waals surface area contributed by atoms with Crippen LogP contribution in [0.3, 0.4) is 0 Å². The number of para-hydroxylation sites is 1. The molecule has 0 aliphatic carbocycles. The third-order valence-corrected chi connectivity index (χ3v) is 3.15. The molecule has 22 heavy (non-hydrogen) atoms. The number of methoxy groups -OCH3 is 1. The lowest BCUT2D eigenvalue weighted by molar-refractivity contribution is -0.175. The summed E-state index contributed by atoms with van der Waals surface area (Å²) in [6.07, 6.45) is -3.59. The lowest BCUT2D eigenvalue weighted by atomic mass is 10.0. The molecule has 1 aromatic carbocycles. The van der Waals surface area contributed by atoms with Gasteiger partial charge in [-0.3, -0.25) is 4.79 Å². The Balaban J connectivity index is 2.23. The highest BCUT2D eigenvalue weighted by molar-refractivity contribution is 5.89. The van der Waals surface area contributed by atoms with Gasteiger partial charge in [0.25, 0.3) is 0 Å². The number of fused-ring (bicyclic) bond motifs is 1. The number of aromatic nitrogens is 1. The number of carbonyl (C=O) groups is 2. The van der Waals surface area contributed by atoms with Crippen LogP contribution in [0.2, 0.25) is 0 Å². The van der Waals surface area contributed by atoms with Crippen LogP contribution < -0.4 is 5.32 Å². The number of benzene rings is 1. The lowest BCUT2D eigenvalue weighted by Gasteiger charge is -2.17. The van der Waals surface area contributed by atoms with Crippen LogP contribution in [0.4, 0.5) is 13.2 Å². The van der Waals surface area contributed by atoms with Gasteiger partial charge in [0, 0.05) is 23.5 Å². The van der Waals surface area contributed by atoms with Crippen molar-refractivity contribution >= 4 is 22.8 Å². The number of amides is 1. The van der Waals surface area contributed by atoms with Crippen LogP contribution in [-0.4, -0.2) is 36.2 Å². The van der Waals surface area contributed by atoms with Crippen molar-refractivity contribution in [3.05, 3.63) is 36.0 Å². The molecule has 1 aromatic heterocycles. The van der Waals surface area contributed by atoms with Gasteiger partial charge in [-0.2, -0.15) is 13.2 Å². The van der Waals surface area contributed by atoms with Gasteiger partial charge in [-0.1, -0.05) is 18.2 Å². The SMILES string of the molecule is COC(=O)[C@H](Cc1c[nH]c2ccccc12)NC(=O)C(F)(F)F. The largest absolute Gasteiger partial charge is 0.471 e. The minimum absolute atomic E-state index is 0.113. The molecule has 118 valence electrons. The zero-order valence-electron chi connectivity index (χ0n) is 11.5. The molecule has 8 heteroatoms. The molecule has 0 saturated heterocycles. The maximum Gasteiger partial charge on any atom is 0.471 e. The minimum atomic E-state index is -5.06.